The summed E-state index contributed by atoms with van der Waals surface area (Å²) in [4.78, 5) is 7.94. The summed E-state index contributed by atoms with van der Waals surface area (Å²) in [6.45, 7) is -0.323. The highest BCUT2D eigenvalue weighted by molar-refractivity contribution is 5.76. The molecule has 1 aromatic heterocycles. The summed E-state index contributed by atoms with van der Waals surface area (Å²) < 4.78 is 20.7. The van der Waals surface area contributed by atoms with E-state index in [4.69, 9.17) is 9.84 Å². The zero-order chi connectivity index (χ0) is 14.3. The van der Waals surface area contributed by atoms with E-state index in [1.54, 1.807) is 0 Å². The molecule has 110 valence electrons. The molecule has 0 radical (unpaired) electrons. The molecule has 1 aromatic rings. The van der Waals surface area contributed by atoms with Gasteiger partial charge in [0.15, 0.2) is 12.4 Å². The number of aliphatic imine (C=N–C) groups is 1. The molecule has 2 aliphatic heterocycles. The molecule has 0 bridgehead atoms. The van der Waals surface area contributed by atoms with Gasteiger partial charge < -0.3 is 25.4 Å². The molecular formula is C11H15FN4O4. The second-order valence-electron chi connectivity index (χ2n) is 4.72. The number of hydrogen-bond donors (Lipinski definition) is 4. The lowest BCUT2D eigenvalue weighted by Gasteiger charge is -2.17. The number of aromatic nitrogens is 2. The molecule has 2 aliphatic rings. The second kappa shape index (κ2) is 5.09. The van der Waals surface area contributed by atoms with Crippen molar-refractivity contribution < 1.29 is 24.4 Å². The van der Waals surface area contributed by atoms with Gasteiger partial charge in [-0.15, -0.1) is 0 Å². The maximum atomic E-state index is 14.1. The highest BCUT2D eigenvalue weighted by Crippen LogP contribution is 2.36. The molecular weight excluding hydrogens is 271 g/mol. The summed E-state index contributed by atoms with van der Waals surface area (Å²) in [5.41, 5.74) is 0.334. The van der Waals surface area contributed by atoms with Crippen LogP contribution in [0.4, 0.5) is 10.2 Å². The van der Waals surface area contributed by atoms with Crippen LogP contribution in [0.25, 0.3) is 0 Å². The number of nitrogens with one attached hydrogen (secondary N) is 1. The fourth-order valence-electron chi connectivity index (χ4n) is 2.39. The minimum atomic E-state index is -1.70. The topological polar surface area (TPSA) is 112 Å². The van der Waals surface area contributed by atoms with Crippen LogP contribution in [-0.2, 0) is 4.74 Å². The highest BCUT2D eigenvalue weighted by atomic mass is 19.1. The molecule has 0 aliphatic carbocycles. The van der Waals surface area contributed by atoms with Crippen LogP contribution < -0.4 is 5.32 Å². The van der Waals surface area contributed by atoms with Gasteiger partial charge >= 0.3 is 0 Å². The largest absolute Gasteiger partial charge is 0.394 e. The molecule has 1 saturated heterocycles. The van der Waals surface area contributed by atoms with Crippen LogP contribution in [0.3, 0.4) is 0 Å². The zero-order valence-electron chi connectivity index (χ0n) is 10.4. The first-order valence-electron chi connectivity index (χ1n) is 6.21. The molecule has 0 unspecified atom stereocenters. The summed E-state index contributed by atoms with van der Waals surface area (Å²) in [7, 11) is 0. The quantitative estimate of drug-likeness (QED) is 0.552. The number of aliphatic hydroxyl groups excluding tert-OH is 3. The number of nitrogens with zero attached hydrogens (tertiary/aromatic N) is 3. The Kier molecular flexibility index (Phi) is 3.42. The Bertz CT molecular complexity index is 523. The van der Waals surface area contributed by atoms with Gasteiger partial charge in [0, 0.05) is 0 Å². The summed E-state index contributed by atoms with van der Waals surface area (Å²) in [6, 6.07) is 0. The monoisotopic (exact) mass is 286 g/mol. The maximum Gasteiger partial charge on any atom is 0.173 e. The average molecular weight is 286 g/mol. The molecule has 0 amide bonds. The second-order valence-corrected chi connectivity index (χ2v) is 4.72. The normalized spacial score (nSPS) is 36.5. The van der Waals surface area contributed by atoms with Gasteiger partial charge in [-0.05, 0) is 0 Å². The van der Waals surface area contributed by atoms with Crippen LogP contribution in [0.5, 0.6) is 0 Å². The summed E-state index contributed by atoms with van der Waals surface area (Å²) in [5.74, 6) is 0.359. The fraction of sp³-hybridized carbons (Fsp3) is 0.636. The number of ether oxygens (including phenoxy) is 1. The predicted molar refractivity (Wildman–Crippen MR) is 66.1 cm³/mol. The van der Waals surface area contributed by atoms with Gasteiger partial charge in [0.2, 0.25) is 0 Å². The molecule has 20 heavy (non-hydrogen) atoms. The van der Waals surface area contributed by atoms with Crippen molar-refractivity contribution >= 4 is 12.2 Å². The molecule has 3 rings (SSSR count). The highest BCUT2D eigenvalue weighted by Gasteiger charge is 2.45. The Hall–Kier alpha value is -1.55. The Morgan fingerprint density at radius 1 is 1.50 bits per heavy atom. The van der Waals surface area contributed by atoms with Crippen LogP contribution >= 0.6 is 0 Å². The van der Waals surface area contributed by atoms with Crippen molar-refractivity contribution in [2.75, 3.05) is 18.5 Å². The third kappa shape index (κ3) is 1.99. The van der Waals surface area contributed by atoms with E-state index in [-0.39, 0.29) is 6.54 Å². The average Bonchev–Trinajstić information content (AvgIpc) is 2.92. The lowest BCUT2D eigenvalue weighted by molar-refractivity contribution is -0.0465. The van der Waals surface area contributed by atoms with Crippen LogP contribution in [0.15, 0.2) is 11.3 Å². The van der Waals surface area contributed by atoms with Crippen molar-refractivity contribution in [1.82, 2.24) is 9.55 Å². The van der Waals surface area contributed by atoms with E-state index in [1.165, 1.54) is 17.2 Å². The van der Waals surface area contributed by atoms with E-state index in [0.29, 0.717) is 11.5 Å². The fourth-order valence-corrected chi connectivity index (χ4v) is 2.39. The molecule has 9 heteroatoms. The zero-order valence-corrected chi connectivity index (χ0v) is 10.4. The third-order valence-corrected chi connectivity index (χ3v) is 3.46. The SMILES string of the molecule is OC[C@H]1O[C@@H](n2cnc3c2NC=NC[C@H]3O)[C@@H](F)[C@@H]1O. The first kappa shape index (κ1) is 13.4. The number of hydrogen-bond acceptors (Lipinski definition) is 7. The van der Waals surface area contributed by atoms with Crippen molar-refractivity contribution in [3.05, 3.63) is 12.0 Å². The number of anilines is 1. The number of rotatable bonds is 2. The van der Waals surface area contributed by atoms with Crippen molar-refractivity contribution in [2.45, 2.75) is 30.7 Å². The molecule has 5 atom stereocenters. The van der Waals surface area contributed by atoms with Crippen LogP contribution in [0.2, 0.25) is 0 Å². The minimum Gasteiger partial charge on any atom is -0.394 e. The molecule has 0 spiro atoms. The van der Waals surface area contributed by atoms with E-state index in [2.05, 4.69) is 15.3 Å². The number of imidazole rings is 1. The van der Waals surface area contributed by atoms with Gasteiger partial charge in [-0.25, -0.2) is 9.37 Å². The van der Waals surface area contributed by atoms with Gasteiger partial charge in [-0.1, -0.05) is 0 Å². The van der Waals surface area contributed by atoms with Crippen molar-refractivity contribution in [3.63, 3.8) is 0 Å². The van der Waals surface area contributed by atoms with Gasteiger partial charge in [0.05, 0.1) is 25.8 Å². The van der Waals surface area contributed by atoms with Crippen LogP contribution in [0, 0.1) is 0 Å². The number of fused-ring (bicyclic) bond motifs is 1. The molecule has 8 nitrogen and oxygen atoms in total. The Morgan fingerprint density at radius 3 is 3.00 bits per heavy atom. The van der Waals surface area contributed by atoms with E-state index in [0.717, 1.165) is 0 Å². The lowest BCUT2D eigenvalue weighted by atomic mass is 10.1. The minimum absolute atomic E-state index is 0.156. The van der Waals surface area contributed by atoms with E-state index in [9.17, 15) is 14.6 Å². The summed E-state index contributed by atoms with van der Waals surface area (Å²) >= 11 is 0. The predicted octanol–water partition coefficient (Wildman–Crippen LogP) is -1.04. The van der Waals surface area contributed by atoms with Gasteiger partial charge in [0.1, 0.15) is 29.8 Å². The standard InChI is InChI=1S/C11H15FN4O4/c12-7-9(19)6(2-17)20-11(7)16-4-15-8-5(18)1-13-3-14-10(8)16/h3-7,9,11,17-19H,1-2H2,(H,13,14)/t5-,6-,7+,9-,11-/m1/s1. The van der Waals surface area contributed by atoms with E-state index in [1.807, 2.05) is 0 Å². The number of halogens is 1. The van der Waals surface area contributed by atoms with Crippen molar-refractivity contribution in [1.29, 1.82) is 0 Å². The Labute approximate surface area is 113 Å². The molecule has 3 heterocycles. The summed E-state index contributed by atoms with van der Waals surface area (Å²) in [6.07, 6.45) is -3.41. The molecule has 0 aromatic carbocycles. The third-order valence-electron chi connectivity index (χ3n) is 3.46. The summed E-state index contributed by atoms with van der Waals surface area (Å²) in [5, 5.41) is 31.4. The molecule has 0 saturated carbocycles. The van der Waals surface area contributed by atoms with E-state index >= 15 is 0 Å². The van der Waals surface area contributed by atoms with E-state index < -0.39 is 37.3 Å². The van der Waals surface area contributed by atoms with Gasteiger partial charge in [-0.3, -0.25) is 9.56 Å². The van der Waals surface area contributed by atoms with Crippen LogP contribution in [0.1, 0.15) is 18.0 Å². The first-order chi connectivity index (χ1) is 9.63. The molecule has 1 fully saturated rings. The smallest absolute Gasteiger partial charge is 0.173 e. The number of aliphatic hydroxyl groups is 3. The van der Waals surface area contributed by atoms with Crippen LogP contribution in [-0.4, -0.2) is 62.7 Å². The number of alkyl halides is 1. The van der Waals surface area contributed by atoms with Gasteiger partial charge in [0.25, 0.3) is 0 Å². The lowest BCUT2D eigenvalue weighted by Crippen LogP contribution is -2.30. The molecule has 4 N–H and O–H groups in total. The first-order valence-corrected chi connectivity index (χ1v) is 6.21. The van der Waals surface area contributed by atoms with Gasteiger partial charge in [-0.2, -0.15) is 0 Å². The Morgan fingerprint density at radius 2 is 2.30 bits per heavy atom. The Balaban J connectivity index is 1.94. The van der Waals surface area contributed by atoms with Crippen molar-refractivity contribution in [2.24, 2.45) is 4.99 Å². The maximum absolute atomic E-state index is 14.1. The van der Waals surface area contributed by atoms with Crippen molar-refractivity contribution in [3.8, 4) is 0 Å².